The lowest BCUT2D eigenvalue weighted by Gasteiger charge is -2.17. The average molecular weight is 258 g/mol. The Kier molecular flexibility index (Phi) is 4.37. The molecule has 0 bridgehead atoms. The second-order valence-electron chi connectivity index (χ2n) is 3.60. The number of rotatable bonds is 3. The number of hydrogen-bond donors (Lipinski definition) is 2. The van der Waals surface area contributed by atoms with Gasteiger partial charge in [-0.15, -0.1) is 24.0 Å². The van der Waals surface area contributed by atoms with E-state index < -0.39 is 6.04 Å². The Hall–Kier alpha value is -1.01. The Morgan fingerprint density at radius 1 is 1.50 bits per heavy atom. The molecule has 1 aromatic heterocycles. The molecule has 0 aliphatic rings. The maximum Gasteiger partial charge on any atom is 0.262 e. The van der Waals surface area contributed by atoms with Gasteiger partial charge in [0.15, 0.2) is 0 Å². The fraction of sp³-hybridized carbons (Fsp3) is 0.400. The minimum Gasteiger partial charge on any atom is -0.347 e. The predicted octanol–water partition coefficient (Wildman–Crippen LogP) is 1.24. The molecular weight excluding hydrogens is 244 g/mol. The molecule has 1 N–H and O–H groups in total. The molecule has 88 valence electrons. The van der Waals surface area contributed by atoms with E-state index in [2.05, 4.69) is 17.9 Å². The standard InChI is InChI=1S/C10H14N2O2S2/c1-6(10(14)12(2)3)11-9(13)8-4-7(15)5-16-8/h4-6,15H,1-3H3,(H,11,13). The van der Waals surface area contributed by atoms with E-state index in [1.54, 1.807) is 32.5 Å². The first kappa shape index (κ1) is 13.1. The van der Waals surface area contributed by atoms with E-state index in [1.807, 2.05) is 0 Å². The number of carbonyl (C=O) groups is 2. The second-order valence-corrected chi connectivity index (χ2v) is 5.02. The number of nitrogens with zero attached hydrogens (tertiary/aromatic N) is 1. The summed E-state index contributed by atoms with van der Waals surface area (Å²) in [5.41, 5.74) is 0. The van der Waals surface area contributed by atoms with Gasteiger partial charge in [-0.25, -0.2) is 0 Å². The van der Waals surface area contributed by atoms with Gasteiger partial charge in [0.25, 0.3) is 5.91 Å². The Labute approximate surface area is 104 Å². The van der Waals surface area contributed by atoms with Gasteiger partial charge in [0.1, 0.15) is 6.04 Å². The molecule has 16 heavy (non-hydrogen) atoms. The monoisotopic (exact) mass is 258 g/mol. The number of amides is 2. The molecule has 1 rings (SSSR count). The first-order valence-corrected chi connectivity index (χ1v) is 6.04. The molecular formula is C10H14N2O2S2. The first-order chi connectivity index (χ1) is 7.41. The summed E-state index contributed by atoms with van der Waals surface area (Å²) in [5, 5.41) is 4.41. The maximum absolute atomic E-state index is 11.7. The minimum absolute atomic E-state index is 0.129. The molecule has 0 fully saturated rings. The summed E-state index contributed by atoms with van der Waals surface area (Å²) in [5.74, 6) is -0.371. The highest BCUT2D eigenvalue weighted by atomic mass is 32.1. The molecule has 2 amide bonds. The topological polar surface area (TPSA) is 49.4 Å². The van der Waals surface area contributed by atoms with Crippen molar-refractivity contribution >= 4 is 35.8 Å². The number of thiophene rings is 1. The number of likely N-dealkylation sites (N-methyl/N-ethyl adjacent to an activating group) is 1. The lowest BCUT2D eigenvalue weighted by atomic mass is 10.3. The molecule has 0 saturated heterocycles. The summed E-state index contributed by atoms with van der Waals surface area (Å²) in [6.45, 7) is 1.66. The Morgan fingerprint density at radius 3 is 2.56 bits per heavy atom. The molecule has 1 aromatic rings. The van der Waals surface area contributed by atoms with E-state index in [4.69, 9.17) is 0 Å². The molecule has 1 unspecified atom stereocenters. The summed E-state index contributed by atoms with van der Waals surface area (Å²) in [6, 6.07) is 1.16. The highest BCUT2D eigenvalue weighted by molar-refractivity contribution is 7.80. The quantitative estimate of drug-likeness (QED) is 0.802. The molecule has 0 radical (unpaired) electrons. The highest BCUT2D eigenvalue weighted by Crippen LogP contribution is 2.17. The van der Waals surface area contributed by atoms with Gasteiger partial charge in [0, 0.05) is 24.4 Å². The van der Waals surface area contributed by atoms with Crippen LogP contribution in [0.5, 0.6) is 0 Å². The Bertz CT molecular complexity index is 401. The van der Waals surface area contributed by atoms with Crippen LogP contribution in [0.3, 0.4) is 0 Å². The summed E-state index contributed by atoms with van der Waals surface area (Å²) in [7, 11) is 3.31. The van der Waals surface area contributed by atoms with Crippen LogP contribution in [0.15, 0.2) is 16.3 Å². The van der Waals surface area contributed by atoms with Gasteiger partial charge in [-0.3, -0.25) is 9.59 Å². The summed E-state index contributed by atoms with van der Waals surface area (Å²) >= 11 is 5.43. The number of nitrogens with one attached hydrogen (secondary N) is 1. The zero-order chi connectivity index (χ0) is 12.3. The predicted molar refractivity (Wildman–Crippen MR) is 67.2 cm³/mol. The van der Waals surface area contributed by atoms with Crippen LogP contribution in [0.4, 0.5) is 0 Å². The van der Waals surface area contributed by atoms with E-state index in [1.165, 1.54) is 16.2 Å². The molecule has 0 spiro atoms. The number of hydrogen-bond acceptors (Lipinski definition) is 4. The molecule has 4 nitrogen and oxygen atoms in total. The van der Waals surface area contributed by atoms with Crippen LogP contribution in [0, 0.1) is 0 Å². The van der Waals surface area contributed by atoms with Gasteiger partial charge < -0.3 is 10.2 Å². The van der Waals surface area contributed by atoms with Gasteiger partial charge in [0.2, 0.25) is 5.91 Å². The average Bonchev–Trinajstić information content (AvgIpc) is 2.63. The highest BCUT2D eigenvalue weighted by Gasteiger charge is 2.18. The van der Waals surface area contributed by atoms with Crippen molar-refractivity contribution in [1.82, 2.24) is 10.2 Å². The first-order valence-electron chi connectivity index (χ1n) is 4.71. The van der Waals surface area contributed by atoms with Gasteiger partial charge in [-0.05, 0) is 13.0 Å². The van der Waals surface area contributed by atoms with Crippen molar-refractivity contribution in [2.45, 2.75) is 17.9 Å². The lowest BCUT2D eigenvalue weighted by Crippen LogP contribution is -2.44. The zero-order valence-electron chi connectivity index (χ0n) is 9.35. The van der Waals surface area contributed by atoms with Crippen LogP contribution < -0.4 is 5.32 Å². The minimum atomic E-state index is -0.520. The van der Waals surface area contributed by atoms with Crippen molar-refractivity contribution in [2.75, 3.05) is 14.1 Å². The van der Waals surface area contributed by atoms with Crippen molar-refractivity contribution in [3.05, 3.63) is 16.3 Å². The van der Waals surface area contributed by atoms with E-state index in [0.29, 0.717) is 4.88 Å². The molecule has 0 aliphatic carbocycles. The van der Waals surface area contributed by atoms with E-state index in [-0.39, 0.29) is 11.8 Å². The summed E-state index contributed by atoms with van der Waals surface area (Å²) in [6.07, 6.45) is 0. The lowest BCUT2D eigenvalue weighted by molar-refractivity contribution is -0.130. The molecule has 0 aromatic carbocycles. The van der Waals surface area contributed by atoms with Gasteiger partial charge in [-0.1, -0.05) is 0 Å². The van der Waals surface area contributed by atoms with Crippen LogP contribution >= 0.6 is 24.0 Å². The van der Waals surface area contributed by atoms with Crippen molar-refractivity contribution in [2.24, 2.45) is 0 Å². The third-order valence-corrected chi connectivity index (χ3v) is 3.33. The Morgan fingerprint density at radius 2 is 2.12 bits per heavy atom. The second kappa shape index (κ2) is 5.36. The van der Waals surface area contributed by atoms with Gasteiger partial charge in [-0.2, -0.15) is 0 Å². The molecule has 1 heterocycles. The van der Waals surface area contributed by atoms with Crippen molar-refractivity contribution in [3.63, 3.8) is 0 Å². The normalized spacial score (nSPS) is 12.0. The van der Waals surface area contributed by atoms with Crippen LogP contribution in [0.2, 0.25) is 0 Å². The van der Waals surface area contributed by atoms with Crippen LogP contribution in [-0.4, -0.2) is 36.9 Å². The van der Waals surface area contributed by atoms with E-state index in [0.717, 1.165) is 4.90 Å². The largest absolute Gasteiger partial charge is 0.347 e. The maximum atomic E-state index is 11.7. The SMILES string of the molecule is CC(NC(=O)c1cc(S)cs1)C(=O)N(C)C. The third-order valence-electron chi connectivity index (χ3n) is 1.97. The van der Waals surface area contributed by atoms with Crippen molar-refractivity contribution in [1.29, 1.82) is 0 Å². The Balaban J connectivity index is 2.61. The van der Waals surface area contributed by atoms with E-state index >= 15 is 0 Å². The van der Waals surface area contributed by atoms with Crippen molar-refractivity contribution < 1.29 is 9.59 Å². The molecule has 1 atom stereocenters. The fourth-order valence-corrected chi connectivity index (χ4v) is 2.21. The number of carbonyl (C=O) groups excluding carboxylic acids is 2. The number of thiol groups is 1. The summed E-state index contributed by atoms with van der Waals surface area (Å²) < 4.78 is 0. The summed E-state index contributed by atoms with van der Waals surface area (Å²) in [4.78, 5) is 26.0. The smallest absolute Gasteiger partial charge is 0.262 e. The molecule has 6 heteroatoms. The van der Waals surface area contributed by atoms with E-state index in [9.17, 15) is 9.59 Å². The molecule has 0 aliphatic heterocycles. The van der Waals surface area contributed by atoms with Crippen molar-refractivity contribution in [3.8, 4) is 0 Å². The third kappa shape index (κ3) is 3.24. The zero-order valence-corrected chi connectivity index (χ0v) is 11.1. The van der Waals surface area contributed by atoms with Gasteiger partial charge in [0.05, 0.1) is 4.88 Å². The van der Waals surface area contributed by atoms with Gasteiger partial charge >= 0.3 is 0 Å². The fourth-order valence-electron chi connectivity index (χ4n) is 1.16. The van der Waals surface area contributed by atoms with Crippen LogP contribution in [0.1, 0.15) is 16.6 Å². The van der Waals surface area contributed by atoms with Crippen LogP contribution in [-0.2, 0) is 4.79 Å². The molecule has 0 saturated carbocycles. The van der Waals surface area contributed by atoms with Crippen LogP contribution in [0.25, 0.3) is 0 Å².